The standard InChI is InChI=1S/C26H18N6OS/c27-14-18-4-8-21(9-5-18)24-16-32-22(17-34-26(32)30-24)13-25(33)31-29-15-19-6-10-20(11-7-19)23-3-1-2-12-28-23/h1-12,15-17H,13H2,(H,31,33)/b29-15+. The molecule has 1 N–H and O–H groups in total. The molecule has 0 saturated heterocycles. The van der Waals surface area contributed by atoms with Crippen molar-refractivity contribution in [1.82, 2.24) is 19.8 Å². The fourth-order valence-corrected chi connectivity index (χ4v) is 4.34. The number of thiazole rings is 1. The van der Waals surface area contributed by atoms with Gasteiger partial charge in [-0.2, -0.15) is 10.4 Å². The number of nitrogens with one attached hydrogen (secondary N) is 1. The van der Waals surface area contributed by atoms with Gasteiger partial charge in [0.05, 0.1) is 35.7 Å². The number of nitriles is 1. The van der Waals surface area contributed by atoms with E-state index in [-0.39, 0.29) is 12.3 Å². The van der Waals surface area contributed by atoms with Crippen molar-refractivity contribution in [3.63, 3.8) is 0 Å². The minimum Gasteiger partial charge on any atom is -0.294 e. The van der Waals surface area contributed by atoms with E-state index in [4.69, 9.17) is 5.26 Å². The number of imidazole rings is 1. The summed E-state index contributed by atoms with van der Waals surface area (Å²) in [6.07, 6.45) is 5.46. The number of aromatic nitrogens is 3. The zero-order chi connectivity index (χ0) is 23.3. The van der Waals surface area contributed by atoms with E-state index >= 15 is 0 Å². The van der Waals surface area contributed by atoms with Crippen LogP contribution in [0.15, 0.2) is 89.6 Å². The normalized spacial score (nSPS) is 11.0. The second kappa shape index (κ2) is 9.48. The number of hydrogen-bond donors (Lipinski definition) is 1. The molecule has 0 saturated carbocycles. The van der Waals surface area contributed by atoms with Crippen molar-refractivity contribution >= 4 is 28.4 Å². The average Bonchev–Trinajstić information content (AvgIpc) is 3.47. The smallest absolute Gasteiger partial charge is 0.246 e. The Morgan fingerprint density at radius 2 is 1.82 bits per heavy atom. The molecule has 0 aliphatic rings. The molecular formula is C26H18N6OS. The minimum atomic E-state index is -0.213. The highest BCUT2D eigenvalue weighted by molar-refractivity contribution is 7.15. The predicted octanol–water partition coefficient (Wildman–Crippen LogP) is 4.69. The summed E-state index contributed by atoms with van der Waals surface area (Å²) in [5.74, 6) is -0.213. The lowest BCUT2D eigenvalue weighted by Gasteiger charge is -2.01. The maximum atomic E-state index is 12.4. The van der Waals surface area contributed by atoms with E-state index in [1.54, 1.807) is 24.5 Å². The Hall–Kier alpha value is -4.61. The largest absolute Gasteiger partial charge is 0.294 e. The molecule has 0 aliphatic carbocycles. The molecule has 0 radical (unpaired) electrons. The first-order valence-corrected chi connectivity index (χ1v) is 11.4. The monoisotopic (exact) mass is 462 g/mol. The number of benzene rings is 2. The molecule has 5 aromatic rings. The maximum absolute atomic E-state index is 12.4. The topological polar surface area (TPSA) is 95.4 Å². The number of hydrogen-bond acceptors (Lipinski definition) is 6. The summed E-state index contributed by atoms with van der Waals surface area (Å²) in [6, 6.07) is 23.0. The summed E-state index contributed by atoms with van der Waals surface area (Å²) in [5, 5.41) is 15.0. The third kappa shape index (κ3) is 4.60. The second-order valence-corrected chi connectivity index (χ2v) is 8.34. The van der Waals surface area contributed by atoms with Gasteiger partial charge in [-0.25, -0.2) is 10.4 Å². The van der Waals surface area contributed by atoms with E-state index in [9.17, 15) is 4.79 Å². The van der Waals surface area contributed by atoms with Crippen LogP contribution in [-0.2, 0) is 11.2 Å². The molecule has 7 nitrogen and oxygen atoms in total. The Morgan fingerprint density at radius 3 is 2.56 bits per heavy atom. The molecule has 3 heterocycles. The van der Waals surface area contributed by atoms with Gasteiger partial charge in [0.1, 0.15) is 0 Å². The highest BCUT2D eigenvalue weighted by atomic mass is 32.1. The Morgan fingerprint density at radius 1 is 1.06 bits per heavy atom. The van der Waals surface area contributed by atoms with E-state index in [1.165, 1.54) is 11.3 Å². The van der Waals surface area contributed by atoms with Gasteiger partial charge in [0.2, 0.25) is 5.91 Å². The fraction of sp³-hybridized carbons (Fsp3) is 0.0385. The van der Waals surface area contributed by atoms with Crippen LogP contribution in [0.5, 0.6) is 0 Å². The van der Waals surface area contributed by atoms with Crippen LogP contribution in [0.2, 0.25) is 0 Å². The molecule has 5 rings (SSSR count). The molecule has 164 valence electrons. The minimum absolute atomic E-state index is 0.180. The number of carbonyl (C=O) groups excluding carboxylic acids is 1. The van der Waals surface area contributed by atoms with Crippen LogP contribution in [0.1, 0.15) is 16.8 Å². The highest BCUT2D eigenvalue weighted by Crippen LogP contribution is 2.24. The van der Waals surface area contributed by atoms with Crippen molar-refractivity contribution in [1.29, 1.82) is 5.26 Å². The van der Waals surface area contributed by atoms with Crippen LogP contribution in [-0.4, -0.2) is 26.5 Å². The third-order valence-corrected chi connectivity index (χ3v) is 6.10. The zero-order valence-electron chi connectivity index (χ0n) is 17.9. The van der Waals surface area contributed by atoms with Gasteiger partial charge in [-0.3, -0.25) is 14.2 Å². The summed E-state index contributed by atoms with van der Waals surface area (Å²) in [7, 11) is 0. The summed E-state index contributed by atoms with van der Waals surface area (Å²) in [4.78, 5) is 22.2. The molecule has 2 aromatic carbocycles. The second-order valence-electron chi connectivity index (χ2n) is 7.50. The maximum Gasteiger partial charge on any atom is 0.246 e. The van der Waals surface area contributed by atoms with Crippen LogP contribution >= 0.6 is 11.3 Å². The van der Waals surface area contributed by atoms with Gasteiger partial charge < -0.3 is 0 Å². The molecule has 1 amide bonds. The van der Waals surface area contributed by atoms with Crippen molar-refractivity contribution in [2.75, 3.05) is 0 Å². The summed E-state index contributed by atoms with van der Waals surface area (Å²) in [5.41, 5.74) is 8.54. The van der Waals surface area contributed by atoms with Crippen molar-refractivity contribution < 1.29 is 4.79 Å². The van der Waals surface area contributed by atoms with Gasteiger partial charge >= 0.3 is 0 Å². The Kier molecular flexibility index (Phi) is 5.93. The van der Waals surface area contributed by atoms with Gasteiger partial charge in [-0.1, -0.05) is 42.5 Å². The van der Waals surface area contributed by atoms with Gasteiger partial charge in [0.15, 0.2) is 4.96 Å². The SMILES string of the molecule is N#Cc1ccc(-c2cn3c(CC(=O)N/N=C/c4ccc(-c5ccccn5)cc4)csc3n2)cc1. The van der Waals surface area contributed by atoms with Gasteiger partial charge in [-0.05, 0) is 29.8 Å². The van der Waals surface area contributed by atoms with E-state index in [0.29, 0.717) is 5.56 Å². The Labute approximate surface area is 199 Å². The number of amides is 1. The molecule has 0 unspecified atom stereocenters. The number of carbonyl (C=O) groups is 1. The molecule has 0 spiro atoms. The van der Waals surface area contributed by atoms with Crippen molar-refractivity contribution in [2.24, 2.45) is 5.10 Å². The first kappa shape index (κ1) is 21.2. The number of fused-ring (bicyclic) bond motifs is 1. The Balaban J connectivity index is 1.22. The van der Waals surface area contributed by atoms with Crippen LogP contribution in [0.3, 0.4) is 0 Å². The molecule has 0 fully saturated rings. The first-order valence-electron chi connectivity index (χ1n) is 10.5. The van der Waals surface area contributed by atoms with Gasteiger partial charge in [0.25, 0.3) is 0 Å². The van der Waals surface area contributed by atoms with E-state index in [1.807, 2.05) is 70.6 Å². The zero-order valence-corrected chi connectivity index (χ0v) is 18.7. The lowest BCUT2D eigenvalue weighted by molar-refractivity contribution is -0.120. The third-order valence-electron chi connectivity index (χ3n) is 5.21. The van der Waals surface area contributed by atoms with Crippen molar-refractivity contribution in [2.45, 2.75) is 6.42 Å². The van der Waals surface area contributed by atoms with E-state index in [0.717, 1.165) is 38.7 Å². The van der Waals surface area contributed by atoms with Gasteiger partial charge in [-0.15, -0.1) is 11.3 Å². The van der Waals surface area contributed by atoms with Crippen LogP contribution in [0.25, 0.3) is 27.5 Å². The summed E-state index contributed by atoms with van der Waals surface area (Å²) >= 11 is 1.48. The lowest BCUT2D eigenvalue weighted by atomic mass is 10.1. The van der Waals surface area contributed by atoms with E-state index in [2.05, 4.69) is 26.6 Å². The van der Waals surface area contributed by atoms with Crippen LogP contribution in [0.4, 0.5) is 0 Å². The fourth-order valence-electron chi connectivity index (χ4n) is 3.47. The van der Waals surface area contributed by atoms with E-state index < -0.39 is 0 Å². The molecule has 34 heavy (non-hydrogen) atoms. The van der Waals surface area contributed by atoms with Crippen LogP contribution < -0.4 is 5.43 Å². The molecule has 3 aromatic heterocycles. The summed E-state index contributed by atoms with van der Waals surface area (Å²) in [6.45, 7) is 0. The van der Waals surface area contributed by atoms with Crippen LogP contribution in [0, 0.1) is 11.3 Å². The van der Waals surface area contributed by atoms with Crippen molar-refractivity contribution in [3.05, 3.63) is 101 Å². The molecule has 8 heteroatoms. The predicted molar refractivity (Wildman–Crippen MR) is 132 cm³/mol. The first-order chi connectivity index (χ1) is 16.7. The van der Waals surface area contributed by atoms with Crippen molar-refractivity contribution in [3.8, 4) is 28.6 Å². The lowest BCUT2D eigenvalue weighted by Crippen LogP contribution is -2.20. The molecule has 0 aliphatic heterocycles. The number of pyridine rings is 1. The number of nitrogens with zero attached hydrogens (tertiary/aromatic N) is 5. The average molecular weight is 463 g/mol. The Bertz CT molecular complexity index is 1510. The molecule has 0 bridgehead atoms. The van der Waals surface area contributed by atoms with Gasteiger partial charge in [0, 0.05) is 34.6 Å². The quantitative estimate of drug-likeness (QED) is 0.293. The molecular weight excluding hydrogens is 444 g/mol. The number of rotatable bonds is 6. The number of hydrazone groups is 1. The summed E-state index contributed by atoms with van der Waals surface area (Å²) < 4.78 is 1.91. The molecule has 0 atom stereocenters. The highest BCUT2D eigenvalue weighted by Gasteiger charge is 2.12.